The first-order valence-corrected chi connectivity index (χ1v) is 6.03. The smallest absolute Gasteiger partial charge is 0.349 e. The van der Waals surface area contributed by atoms with E-state index in [1.165, 1.54) is 13.0 Å². The summed E-state index contributed by atoms with van der Waals surface area (Å²) < 4.78 is 50.2. The number of nitrogens with one attached hydrogen (secondary N) is 1. The molecule has 20 heavy (non-hydrogen) atoms. The van der Waals surface area contributed by atoms with Gasteiger partial charge in [0.2, 0.25) is 0 Å². The van der Waals surface area contributed by atoms with E-state index < -0.39 is 17.7 Å². The minimum Gasteiger partial charge on any atom is -0.349 e. The molecule has 0 aliphatic heterocycles. The predicted octanol–water partition coefficient (Wildman–Crippen LogP) is 4.95. The third kappa shape index (κ3) is 6.56. The molecule has 0 spiro atoms. The second kappa shape index (κ2) is 8.58. The number of halogens is 5. The maximum atomic E-state index is 13.2. The molecule has 1 aromatic carbocycles. The van der Waals surface area contributed by atoms with Crippen LogP contribution in [0.15, 0.2) is 30.0 Å². The Morgan fingerprint density at radius 2 is 1.95 bits per heavy atom. The standard InChI is InChI=1S/C10H8ClF4N.C3H6O/c1-2-9(10(13,14)15)16-8-4-3-6(11)5-7(8)12;1-2-3-4/h2-5,16H,1H3;3H,2H2,1H3/b9-2-;. The summed E-state index contributed by atoms with van der Waals surface area (Å²) in [6.45, 7) is 3.02. The maximum Gasteiger partial charge on any atom is 0.430 e. The van der Waals surface area contributed by atoms with Crippen molar-refractivity contribution < 1.29 is 22.4 Å². The fourth-order valence-electron chi connectivity index (χ4n) is 1.04. The third-order valence-electron chi connectivity index (χ3n) is 1.96. The molecular weight excluding hydrogens is 298 g/mol. The van der Waals surface area contributed by atoms with Crippen molar-refractivity contribution in [2.24, 2.45) is 0 Å². The molecule has 1 aromatic rings. The van der Waals surface area contributed by atoms with Gasteiger partial charge in [-0.15, -0.1) is 0 Å². The van der Waals surface area contributed by atoms with Gasteiger partial charge < -0.3 is 10.1 Å². The van der Waals surface area contributed by atoms with E-state index in [4.69, 9.17) is 11.6 Å². The summed E-state index contributed by atoms with van der Waals surface area (Å²) in [5.74, 6) is -0.837. The minimum atomic E-state index is -4.54. The van der Waals surface area contributed by atoms with Gasteiger partial charge in [0, 0.05) is 11.4 Å². The van der Waals surface area contributed by atoms with E-state index in [0.717, 1.165) is 24.5 Å². The van der Waals surface area contributed by atoms with Crippen molar-refractivity contribution in [2.75, 3.05) is 5.32 Å². The molecule has 0 atom stereocenters. The molecule has 0 saturated heterocycles. The Hall–Kier alpha value is -1.56. The van der Waals surface area contributed by atoms with Crippen molar-refractivity contribution in [1.29, 1.82) is 0 Å². The van der Waals surface area contributed by atoms with E-state index in [1.807, 2.05) is 12.2 Å². The van der Waals surface area contributed by atoms with E-state index in [1.54, 1.807) is 0 Å². The number of aldehydes is 1. The highest BCUT2D eigenvalue weighted by atomic mass is 35.5. The van der Waals surface area contributed by atoms with Crippen LogP contribution in [0.3, 0.4) is 0 Å². The summed E-state index contributed by atoms with van der Waals surface area (Å²) in [4.78, 5) is 9.17. The van der Waals surface area contributed by atoms with Crippen molar-refractivity contribution in [3.8, 4) is 0 Å². The predicted molar refractivity (Wildman–Crippen MR) is 71.2 cm³/mol. The first kappa shape index (κ1) is 18.4. The Labute approximate surface area is 119 Å². The quantitative estimate of drug-likeness (QED) is 0.632. The van der Waals surface area contributed by atoms with Gasteiger partial charge in [0.05, 0.1) is 5.69 Å². The van der Waals surface area contributed by atoms with Crippen LogP contribution in [0.5, 0.6) is 0 Å². The van der Waals surface area contributed by atoms with Crippen LogP contribution in [0.25, 0.3) is 0 Å². The summed E-state index contributed by atoms with van der Waals surface area (Å²) in [5.41, 5.74) is -1.29. The van der Waals surface area contributed by atoms with Crippen LogP contribution >= 0.6 is 11.6 Å². The largest absolute Gasteiger partial charge is 0.430 e. The van der Waals surface area contributed by atoms with Gasteiger partial charge in [-0.05, 0) is 25.1 Å². The normalized spacial score (nSPS) is 11.4. The van der Waals surface area contributed by atoms with Crippen LogP contribution in [0, 0.1) is 5.82 Å². The molecule has 0 radical (unpaired) electrons. The highest BCUT2D eigenvalue weighted by molar-refractivity contribution is 6.30. The lowest BCUT2D eigenvalue weighted by molar-refractivity contribution is -0.107. The zero-order chi connectivity index (χ0) is 15.8. The van der Waals surface area contributed by atoms with Gasteiger partial charge in [0.1, 0.15) is 17.8 Å². The lowest BCUT2D eigenvalue weighted by atomic mass is 10.3. The number of benzene rings is 1. The SMILES string of the molecule is C/C=C(\Nc1ccc(Cl)cc1F)C(F)(F)F.CCC=O. The van der Waals surface area contributed by atoms with E-state index in [-0.39, 0.29) is 10.7 Å². The Balaban J connectivity index is 0.000000796. The third-order valence-corrected chi connectivity index (χ3v) is 2.20. The molecule has 0 unspecified atom stereocenters. The Morgan fingerprint density at radius 1 is 1.40 bits per heavy atom. The highest BCUT2D eigenvalue weighted by Gasteiger charge is 2.33. The van der Waals surface area contributed by atoms with E-state index in [0.29, 0.717) is 6.42 Å². The molecule has 0 aromatic heterocycles. The van der Waals surface area contributed by atoms with E-state index in [9.17, 15) is 22.4 Å². The minimum absolute atomic E-state index is 0.122. The van der Waals surface area contributed by atoms with Gasteiger partial charge in [-0.25, -0.2) is 4.39 Å². The molecule has 0 aliphatic rings. The molecule has 1 N–H and O–H groups in total. The maximum absolute atomic E-state index is 13.2. The van der Waals surface area contributed by atoms with Crippen molar-refractivity contribution >= 4 is 23.6 Å². The Kier molecular flexibility index (Phi) is 7.91. The fraction of sp³-hybridized carbons (Fsp3) is 0.308. The van der Waals surface area contributed by atoms with Gasteiger partial charge in [0.25, 0.3) is 0 Å². The molecule has 1 rings (SSSR count). The zero-order valence-corrected chi connectivity index (χ0v) is 11.6. The van der Waals surface area contributed by atoms with Gasteiger partial charge in [0.15, 0.2) is 0 Å². The number of carbonyl (C=O) groups excluding carboxylic acids is 1. The molecule has 2 nitrogen and oxygen atoms in total. The summed E-state index contributed by atoms with van der Waals surface area (Å²) in [5, 5.41) is 2.09. The van der Waals surface area contributed by atoms with Gasteiger partial charge >= 0.3 is 6.18 Å². The van der Waals surface area contributed by atoms with Crippen molar-refractivity contribution in [3.05, 3.63) is 40.8 Å². The molecular formula is C13H14ClF4NO. The number of carbonyl (C=O) groups is 1. The first-order valence-electron chi connectivity index (χ1n) is 5.65. The first-order chi connectivity index (χ1) is 9.26. The van der Waals surface area contributed by atoms with Crippen LogP contribution in [-0.2, 0) is 4.79 Å². The van der Waals surface area contributed by atoms with Gasteiger partial charge in [-0.3, -0.25) is 0 Å². The Morgan fingerprint density at radius 3 is 2.30 bits per heavy atom. The second-order valence-electron chi connectivity index (χ2n) is 3.52. The van der Waals surface area contributed by atoms with Gasteiger partial charge in [-0.2, -0.15) is 13.2 Å². The lowest BCUT2D eigenvalue weighted by Crippen LogP contribution is -2.19. The van der Waals surface area contributed by atoms with Crippen molar-refractivity contribution in [1.82, 2.24) is 0 Å². The molecule has 0 amide bonds. The van der Waals surface area contributed by atoms with Crippen LogP contribution in [0.4, 0.5) is 23.2 Å². The average molecular weight is 312 g/mol. The number of hydrogen-bond donors (Lipinski definition) is 1. The lowest BCUT2D eigenvalue weighted by Gasteiger charge is -2.14. The van der Waals surface area contributed by atoms with Crippen LogP contribution in [0.1, 0.15) is 20.3 Å². The molecule has 0 fully saturated rings. The monoisotopic (exact) mass is 311 g/mol. The van der Waals surface area contributed by atoms with Crippen molar-refractivity contribution in [2.45, 2.75) is 26.4 Å². The number of hydrogen-bond acceptors (Lipinski definition) is 2. The topological polar surface area (TPSA) is 29.1 Å². The molecule has 112 valence electrons. The van der Waals surface area contributed by atoms with E-state index in [2.05, 4.69) is 0 Å². The number of rotatable bonds is 3. The average Bonchev–Trinajstić information content (AvgIpc) is 2.36. The summed E-state index contributed by atoms with van der Waals surface area (Å²) in [6, 6.07) is 3.39. The van der Waals surface area contributed by atoms with Crippen LogP contribution in [-0.4, -0.2) is 12.5 Å². The highest BCUT2D eigenvalue weighted by Crippen LogP contribution is 2.28. The summed E-state index contributed by atoms with van der Waals surface area (Å²) in [6.07, 6.45) is -2.20. The van der Waals surface area contributed by atoms with Gasteiger partial charge in [-0.1, -0.05) is 24.6 Å². The molecule has 0 bridgehead atoms. The number of anilines is 1. The Bertz CT molecular complexity index is 472. The summed E-state index contributed by atoms with van der Waals surface area (Å²) in [7, 11) is 0. The van der Waals surface area contributed by atoms with Crippen molar-refractivity contribution in [3.63, 3.8) is 0 Å². The number of alkyl halides is 3. The zero-order valence-electron chi connectivity index (χ0n) is 10.9. The molecule has 0 saturated carbocycles. The molecule has 0 heterocycles. The second-order valence-corrected chi connectivity index (χ2v) is 3.96. The van der Waals surface area contributed by atoms with E-state index >= 15 is 0 Å². The molecule has 7 heteroatoms. The van der Waals surface area contributed by atoms with Crippen LogP contribution < -0.4 is 5.32 Å². The van der Waals surface area contributed by atoms with Crippen LogP contribution in [0.2, 0.25) is 5.02 Å². The molecule has 0 aliphatic carbocycles. The fourth-order valence-corrected chi connectivity index (χ4v) is 1.20. The summed E-state index contributed by atoms with van der Waals surface area (Å²) >= 11 is 5.47. The number of allylic oxidation sites excluding steroid dienone is 2.